The third kappa shape index (κ3) is 3.66. The van der Waals surface area contributed by atoms with Crippen LogP contribution in [0.4, 0.5) is 0 Å². The van der Waals surface area contributed by atoms with Crippen molar-refractivity contribution in [2.75, 3.05) is 6.61 Å². The van der Waals surface area contributed by atoms with E-state index in [1.165, 1.54) is 12.8 Å². The van der Waals surface area contributed by atoms with Gasteiger partial charge in [-0.15, -0.1) is 0 Å². The Balaban J connectivity index is 1.76. The summed E-state index contributed by atoms with van der Waals surface area (Å²) in [5.41, 5.74) is 1.01. The molecule has 2 saturated carbocycles. The lowest BCUT2D eigenvalue weighted by atomic mass is 9.91. The first-order valence-electron chi connectivity index (χ1n) is 7.27. The van der Waals surface area contributed by atoms with Gasteiger partial charge in [0.2, 0.25) is 0 Å². The van der Waals surface area contributed by atoms with Crippen LogP contribution in [0.15, 0.2) is 18.2 Å². The van der Waals surface area contributed by atoms with Gasteiger partial charge in [-0.25, -0.2) is 0 Å². The summed E-state index contributed by atoms with van der Waals surface area (Å²) >= 11 is 6.16. The normalized spacial score (nSPS) is 19.6. The van der Waals surface area contributed by atoms with E-state index in [-0.39, 0.29) is 12.3 Å². The van der Waals surface area contributed by atoms with Gasteiger partial charge in [0, 0.05) is 5.02 Å². The van der Waals surface area contributed by atoms with Crippen LogP contribution in [0.5, 0.6) is 5.75 Å². The Labute approximate surface area is 123 Å². The number of rotatable bonds is 7. The van der Waals surface area contributed by atoms with Crippen LogP contribution in [-0.4, -0.2) is 17.7 Å². The summed E-state index contributed by atoms with van der Waals surface area (Å²) < 4.78 is 5.77. The van der Waals surface area contributed by atoms with Crippen molar-refractivity contribution in [2.24, 2.45) is 11.8 Å². The highest BCUT2D eigenvalue weighted by Crippen LogP contribution is 2.45. The molecule has 0 aliphatic heterocycles. The van der Waals surface area contributed by atoms with E-state index in [4.69, 9.17) is 21.4 Å². The Hall–Kier alpha value is -1.22. The highest BCUT2D eigenvalue weighted by atomic mass is 35.5. The smallest absolute Gasteiger partial charge is 0.303 e. The van der Waals surface area contributed by atoms with E-state index < -0.39 is 5.97 Å². The van der Waals surface area contributed by atoms with Gasteiger partial charge in [0.15, 0.2) is 0 Å². The number of ether oxygens (including phenoxy) is 1. The lowest BCUT2D eigenvalue weighted by molar-refractivity contribution is -0.137. The fourth-order valence-corrected chi connectivity index (χ4v) is 2.86. The molecule has 0 saturated heterocycles. The average molecular weight is 295 g/mol. The van der Waals surface area contributed by atoms with Crippen molar-refractivity contribution < 1.29 is 14.6 Å². The SMILES string of the molecule is O=C(O)CC(c1cc(Cl)cc(OCC2CC2)c1)C1CC1. The van der Waals surface area contributed by atoms with Crippen LogP contribution in [0.2, 0.25) is 5.02 Å². The topological polar surface area (TPSA) is 46.5 Å². The monoisotopic (exact) mass is 294 g/mol. The molecule has 3 nitrogen and oxygen atoms in total. The largest absolute Gasteiger partial charge is 0.493 e. The van der Waals surface area contributed by atoms with Gasteiger partial charge in [0.05, 0.1) is 13.0 Å². The second-order valence-corrected chi connectivity index (χ2v) is 6.45. The molecule has 20 heavy (non-hydrogen) atoms. The number of benzene rings is 1. The molecule has 1 aromatic carbocycles. The molecule has 0 heterocycles. The van der Waals surface area contributed by atoms with Crippen LogP contribution in [0.25, 0.3) is 0 Å². The summed E-state index contributed by atoms with van der Waals surface area (Å²) in [7, 11) is 0. The van der Waals surface area contributed by atoms with E-state index in [2.05, 4.69) is 0 Å². The summed E-state index contributed by atoms with van der Waals surface area (Å²) in [6, 6.07) is 5.68. The van der Waals surface area contributed by atoms with Crippen LogP contribution >= 0.6 is 11.6 Å². The molecule has 1 atom stereocenters. The van der Waals surface area contributed by atoms with Gasteiger partial charge in [-0.05, 0) is 67.2 Å². The summed E-state index contributed by atoms with van der Waals surface area (Å²) in [4.78, 5) is 11.0. The number of carboxylic acids is 1. The number of hydrogen-bond donors (Lipinski definition) is 1. The maximum absolute atomic E-state index is 11.0. The standard InChI is InChI=1S/C16H19ClO3/c17-13-5-12(15(8-16(18)19)11-3-4-11)6-14(7-13)20-9-10-1-2-10/h5-7,10-11,15H,1-4,8-9H2,(H,18,19). The van der Waals surface area contributed by atoms with Crippen molar-refractivity contribution in [1.82, 2.24) is 0 Å². The molecule has 4 heteroatoms. The highest BCUT2D eigenvalue weighted by molar-refractivity contribution is 6.30. The van der Waals surface area contributed by atoms with Crippen molar-refractivity contribution in [2.45, 2.75) is 38.0 Å². The van der Waals surface area contributed by atoms with Gasteiger partial charge in [0.25, 0.3) is 0 Å². The molecule has 108 valence electrons. The van der Waals surface area contributed by atoms with Gasteiger partial charge < -0.3 is 9.84 Å². The number of aliphatic carboxylic acids is 1. The maximum atomic E-state index is 11.0. The molecule has 2 fully saturated rings. The maximum Gasteiger partial charge on any atom is 0.303 e. The van der Waals surface area contributed by atoms with Crippen LogP contribution in [0.3, 0.4) is 0 Å². The van der Waals surface area contributed by atoms with Crippen molar-refractivity contribution in [3.05, 3.63) is 28.8 Å². The van der Waals surface area contributed by atoms with E-state index in [1.807, 2.05) is 18.2 Å². The van der Waals surface area contributed by atoms with Gasteiger partial charge in [-0.2, -0.15) is 0 Å². The van der Waals surface area contributed by atoms with Gasteiger partial charge in [0.1, 0.15) is 5.75 Å². The van der Waals surface area contributed by atoms with Gasteiger partial charge >= 0.3 is 5.97 Å². The van der Waals surface area contributed by atoms with Crippen molar-refractivity contribution in [3.63, 3.8) is 0 Å². The third-order valence-electron chi connectivity index (χ3n) is 4.09. The predicted octanol–water partition coefficient (Wildman–Crippen LogP) is 4.10. The highest BCUT2D eigenvalue weighted by Gasteiger charge is 2.34. The molecule has 1 N–H and O–H groups in total. The predicted molar refractivity (Wildman–Crippen MR) is 77.4 cm³/mol. The molecular weight excluding hydrogens is 276 g/mol. The first-order valence-corrected chi connectivity index (χ1v) is 7.64. The number of carboxylic acid groups (broad SMARTS) is 1. The summed E-state index contributed by atoms with van der Waals surface area (Å²) in [5.74, 6) is 1.27. The van der Waals surface area contributed by atoms with Crippen molar-refractivity contribution in [3.8, 4) is 5.75 Å². The lowest BCUT2D eigenvalue weighted by Crippen LogP contribution is -2.09. The Morgan fingerprint density at radius 1 is 1.30 bits per heavy atom. The molecule has 0 radical (unpaired) electrons. The number of halogens is 1. The Morgan fingerprint density at radius 3 is 2.65 bits per heavy atom. The van der Waals surface area contributed by atoms with Crippen LogP contribution in [-0.2, 0) is 4.79 Å². The zero-order valence-electron chi connectivity index (χ0n) is 11.3. The van der Waals surface area contributed by atoms with E-state index in [1.54, 1.807) is 0 Å². The van der Waals surface area contributed by atoms with E-state index in [0.29, 0.717) is 16.9 Å². The average Bonchev–Trinajstić information content (AvgIpc) is 3.26. The zero-order valence-corrected chi connectivity index (χ0v) is 12.1. The molecule has 1 unspecified atom stereocenters. The first-order chi connectivity index (χ1) is 9.61. The van der Waals surface area contributed by atoms with E-state index in [0.717, 1.165) is 30.8 Å². The summed E-state index contributed by atoms with van der Waals surface area (Å²) in [6.45, 7) is 0.743. The Kier molecular flexibility index (Phi) is 3.88. The molecule has 0 spiro atoms. The lowest BCUT2D eigenvalue weighted by Gasteiger charge is -2.16. The Bertz CT molecular complexity index is 506. The number of carbonyl (C=O) groups is 1. The number of hydrogen-bond acceptors (Lipinski definition) is 2. The minimum absolute atomic E-state index is 0.0643. The third-order valence-corrected chi connectivity index (χ3v) is 4.31. The fourth-order valence-electron chi connectivity index (χ4n) is 2.62. The van der Waals surface area contributed by atoms with Crippen LogP contribution < -0.4 is 4.74 Å². The Morgan fingerprint density at radius 2 is 2.05 bits per heavy atom. The quantitative estimate of drug-likeness (QED) is 0.823. The van der Waals surface area contributed by atoms with Crippen molar-refractivity contribution in [1.29, 1.82) is 0 Å². The minimum atomic E-state index is -0.748. The van der Waals surface area contributed by atoms with Crippen LogP contribution in [0.1, 0.15) is 43.6 Å². The van der Waals surface area contributed by atoms with Crippen LogP contribution in [0, 0.1) is 11.8 Å². The molecule has 2 aliphatic rings. The first kappa shape index (κ1) is 13.7. The van der Waals surface area contributed by atoms with Gasteiger partial charge in [-0.1, -0.05) is 11.6 Å². The fraction of sp³-hybridized carbons (Fsp3) is 0.562. The summed E-state index contributed by atoms with van der Waals surface area (Å²) in [5, 5.41) is 9.71. The zero-order chi connectivity index (χ0) is 14.1. The second kappa shape index (κ2) is 5.65. The molecule has 2 aliphatic carbocycles. The van der Waals surface area contributed by atoms with E-state index >= 15 is 0 Å². The molecule has 1 aromatic rings. The second-order valence-electron chi connectivity index (χ2n) is 6.02. The van der Waals surface area contributed by atoms with Crippen molar-refractivity contribution >= 4 is 17.6 Å². The van der Waals surface area contributed by atoms with Gasteiger partial charge in [-0.3, -0.25) is 4.79 Å². The molecule has 0 amide bonds. The molecule has 0 aromatic heterocycles. The molecule has 3 rings (SSSR count). The molecular formula is C16H19ClO3. The van der Waals surface area contributed by atoms with E-state index in [9.17, 15) is 4.79 Å². The summed E-state index contributed by atoms with van der Waals surface area (Å²) in [6.07, 6.45) is 4.90. The molecule has 0 bridgehead atoms. The minimum Gasteiger partial charge on any atom is -0.493 e.